The molecule has 1 aromatic carbocycles. The molecule has 0 radical (unpaired) electrons. The normalized spacial score (nSPS) is 11.1. The third kappa shape index (κ3) is 4.75. The van der Waals surface area contributed by atoms with Crippen LogP contribution >= 0.6 is 11.8 Å². The van der Waals surface area contributed by atoms with Crippen molar-refractivity contribution in [1.29, 1.82) is 0 Å². The zero-order valence-electron chi connectivity index (χ0n) is 11.4. The third-order valence-electron chi connectivity index (χ3n) is 2.34. The van der Waals surface area contributed by atoms with E-state index < -0.39 is 0 Å². The molecule has 0 heterocycles. The molecule has 0 saturated carbocycles. The van der Waals surface area contributed by atoms with Crippen LogP contribution in [-0.2, 0) is 0 Å². The predicted octanol–water partition coefficient (Wildman–Crippen LogP) is -0.159. The maximum Gasteiger partial charge on any atom is 0.308 e. The van der Waals surface area contributed by atoms with Crippen LogP contribution in [0.2, 0.25) is 0 Å². The maximum atomic E-state index is 3.94. The van der Waals surface area contributed by atoms with Crippen molar-refractivity contribution in [1.82, 2.24) is 4.90 Å². The minimum Gasteiger partial charge on any atom is -1.00 e. The summed E-state index contributed by atoms with van der Waals surface area (Å²) in [4.78, 5) is 2.13. The Kier molecular flexibility index (Phi) is 7.80. The summed E-state index contributed by atoms with van der Waals surface area (Å²) in [5, 5.41) is 1.51. The van der Waals surface area contributed by atoms with Gasteiger partial charge < -0.3 is 12.4 Å². The van der Waals surface area contributed by atoms with Gasteiger partial charge in [0.2, 0.25) is 0 Å². The van der Waals surface area contributed by atoms with Crippen LogP contribution in [0.5, 0.6) is 0 Å². The van der Waals surface area contributed by atoms with E-state index in [9.17, 15) is 0 Å². The fourth-order valence-corrected chi connectivity index (χ4v) is 2.66. The molecule has 1 aromatic rings. The molecular formula is C14H21ClN2S. The molecule has 1 atom stereocenters. The summed E-state index contributed by atoms with van der Waals surface area (Å²) in [6.45, 7) is 3.94. The van der Waals surface area contributed by atoms with Crippen molar-refractivity contribution in [2.24, 2.45) is 0 Å². The Hall–Kier alpha value is -0.930. The Morgan fingerprint density at radius 3 is 2.22 bits per heavy atom. The van der Waals surface area contributed by atoms with E-state index in [0.29, 0.717) is 0 Å². The minimum absolute atomic E-state index is 0. The van der Waals surface area contributed by atoms with Gasteiger partial charge in [-0.2, -0.15) is 0 Å². The minimum atomic E-state index is 0. The Bertz CT molecular complexity index is 398. The van der Waals surface area contributed by atoms with Crippen molar-refractivity contribution in [2.45, 2.75) is 5.25 Å². The highest BCUT2D eigenvalue weighted by Crippen LogP contribution is 2.30. The molecule has 4 heteroatoms. The standard InChI is InChI=1S/C14H21N2S.ClH/c1-6-13(12-10-8-7-9-11-12)17-14(15(2)3)16(4)5;/h6-11,13H,1H2,2-5H3;1H/q+1;/p-1. The molecule has 1 unspecified atom stereocenters. The molecule has 0 bridgehead atoms. The first-order valence-electron chi connectivity index (χ1n) is 5.62. The van der Waals surface area contributed by atoms with Gasteiger partial charge >= 0.3 is 5.17 Å². The van der Waals surface area contributed by atoms with Gasteiger partial charge in [-0.15, -0.1) is 6.58 Å². The van der Waals surface area contributed by atoms with E-state index in [0.717, 1.165) is 0 Å². The van der Waals surface area contributed by atoms with Gasteiger partial charge in [0.1, 0.15) is 0 Å². The van der Waals surface area contributed by atoms with E-state index in [-0.39, 0.29) is 17.7 Å². The summed E-state index contributed by atoms with van der Waals surface area (Å²) in [5.74, 6) is 0. The number of thioether (sulfide) groups is 1. The number of rotatable bonds is 3. The van der Waals surface area contributed by atoms with Crippen molar-refractivity contribution in [3.63, 3.8) is 0 Å². The van der Waals surface area contributed by atoms with Gasteiger partial charge in [-0.3, -0.25) is 9.48 Å². The molecule has 0 aliphatic rings. The van der Waals surface area contributed by atoms with E-state index in [1.807, 2.05) is 23.9 Å². The maximum absolute atomic E-state index is 3.94. The predicted molar refractivity (Wildman–Crippen MR) is 77.8 cm³/mol. The number of benzene rings is 1. The van der Waals surface area contributed by atoms with Crippen LogP contribution in [0, 0.1) is 0 Å². The summed E-state index contributed by atoms with van der Waals surface area (Å²) >= 11 is 1.81. The molecule has 1 rings (SSSR count). The highest BCUT2D eigenvalue weighted by Gasteiger charge is 2.19. The zero-order valence-corrected chi connectivity index (χ0v) is 13.0. The number of amidine groups is 1. The van der Waals surface area contributed by atoms with E-state index in [2.05, 4.69) is 68.5 Å². The summed E-state index contributed by atoms with van der Waals surface area (Å²) in [5.41, 5.74) is 1.29. The second-order valence-corrected chi connectivity index (χ2v) is 5.36. The van der Waals surface area contributed by atoms with Crippen LogP contribution in [0.25, 0.3) is 0 Å². The lowest BCUT2D eigenvalue weighted by molar-refractivity contribution is -0.466. The lowest BCUT2D eigenvalue weighted by Crippen LogP contribution is -3.00. The summed E-state index contributed by atoms with van der Waals surface area (Å²) in [7, 11) is 8.25. The number of hydrogen-bond acceptors (Lipinski definition) is 1. The van der Waals surface area contributed by atoms with Crippen molar-refractivity contribution < 1.29 is 17.0 Å². The molecule has 0 fully saturated rings. The molecular weight excluding hydrogens is 264 g/mol. The largest absolute Gasteiger partial charge is 1.00 e. The molecule has 0 saturated heterocycles. The van der Waals surface area contributed by atoms with Gasteiger partial charge in [0, 0.05) is 0 Å². The Labute approximate surface area is 121 Å². The SMILES string of the molecule is C=CC(SC(N(C)C)=[N+](C)C)c1ccccc1.[Cl-]. The first kappa shape index (κ1) is 17.1. The first-order valence-corrected chi connectivity index (χ1v) is 6.50. The Morgan fingerprint density at radius 2 is 1.83 bits per heavy atom. The van der Waals surface area contributed by atoms with E-state index in [1.54, 1.807) is 0 Å². The summed E-state index contributed by atoms with van der Waals surface area (Å²) < 4.78 is 2.13. The van der Waals surface area contributed by atoms with Crippen molar-refractivity contribution in [3.8, 4) is 0 Å². The van der Waals surface area contributed by atoms with E-state index in [1.165, 1.54) is 10.7 Å². The molecule has 0 amide bonds. The average molecular weight is 285 g/mol. The van der Waals surface area contributed by atoms with Gasteiger partial charge in [-0.1, -0.05) is 36.4 Å². The Balaban J connectivity index is 0.00000289. The van der Waals surface area contributed by atoms with Crippen LogP contribution in [-0.4, -0.2) is 42.8 Å². The topological polar surface area (TPSA) is 6.25 Å². The molecule has 100 valence electrons. The van der Waals surface area contributed by atoms with E-state index >= 15 is 0 Å². The monoisotopic (exact) mass is 284 g/mol. The van der Waals surface area contributed by atoms with Gasteiger partial charge in [0.15, 0.2) is 0 Å². The van der Waals surface area contributed by atoms with Crippen LogP contribution in [0.15, 0.2) is 43.0 Å². The fraction of sp³-hybridized carbons (Fsp3) is 0.357. The fourth-order valence-electron chi connectivity index (χ4n) is 1.62. The number of nitrogens with zero attached hydrogens (tertiary/aromatic N) is 2. The molecule has 0 aliphatic heterocycles. The Morgan fingerprint density at radius 1 is 1.28 bits per heavy atom. The third-order valence-corrected chi connectivity index (χ3v) is 4.00. The lowest BCUT2D eigenvalue weighted by atomic mass is 10.1. The summed E-state index contributed by atoms with van der Waals surface area (Å²) in [6, 6.07) is 10.5. The molecule has 2 nitrogen and oxygen atoms in total. The number of halogens is 1. The van der Waals surface area contributed by atoms with Crippen molar-refractivity contribution >= 4 is 16.9 Å². The molecule has 18 heavy (non-hydrogen) atoms. The molecule has 0 aromatic heterocycles. The first-order chi connectivity index (χ1) is 8.06. The van der Waals surface area contributed by atoms with Gasteiger partial charge in [-0.25, -0.2) is 0 Å². The molecule has 0 aliphatic carbocycles. The molecule has 0 spiro atoms. The highest BCUT2D eigenvalue weighted by atomic mass is 35.5. The van der Waals surface area contributed by atoms with Gasteiger partial charge in [0.05, 0.1) is 33.4 Å². The summed E-state index contributed by atoms with van der Waals surface area (Å²) in [6.07, 6.45) is 1.99. The molecule has 0 N–H and O–H groups in total. The smallest absolute Gasteiger partial charge is 0.308 e. The van der Waals surface area contributed by atoms with Crippen LogP contribution in [0.3, 0.4) is 0 Å². The van der Waals surface area contributed by atoms with Crippen LogP contribution < -0.4 is 12.4 Å². The van der Waals surface area contributed by atoms with Crippen molar-refractivity contribution in [3.05, 3.63) is 48.6 Å². The zero-order chi connectivity index (χ0) is 12.8. The number of hydrogen-bond donors (Lipinski definition) is 0. The highest BCUT2D eigenvalue weighted by molar-refractivity contribution is 8.13. The van der Waals surface area contributed by atoms with E-state index in [4.69, 9.17) is 0 Å². The van der Waals surface area contributed by atoms with Crippen molar-refractivity contribution in [2.75, 3.05) is 28.2 Å². The van der Waals surface area contributed by atoms with Crippen LogP contribution in [0.1, 0.15) is 10.8 Å². The van der Waals surface area contributed by atoms with Gasteiger partial charge in [0.25, 0.3) is 0 Å². The van der Waals surface area contributed by atoms with Gasteiger partial charge in [-0.05, 0) is 17.3 Å². The average Bonchev–Trinajstić information content (AvgIpc) is 2.30. The second-order valence-electron chi connectivity index (χ2n) is 4.26. The van der Waals surface area contributed by atoms with Crippen LogP contribution in [0.4, 0.5) is 0 Å². The second kappa shape index (κ2) is 8.22. The quantitative estimate of drug-likeness (QED) is 0.329. The lowest BCUT2D eigenvalue weighted by Gasteiger charge is -2.16.